The van der Waals surface area contributed by atoms with Gasteiger partial charge in [0.05, 0.1) is 0 Å². The van der Waals surface area contributed by atoms with Crippen molar-refractivity contribution in [1.82, 2.24) is 15.4 Å². The minimum atomic E-state index is -0.967. The van der Waals surface area contributed by atoms with E-state index in [-0.39, 0.29) is 20.4 Å². The Morgan fingerprint density at radius 3 is 2.80 bits per heavy atom. The number of carboxylic acids is 1. The molecule has 0 spiro atoms. The molecule has 2 rings (SSSR count). The number of rotatable bonds is 2. The Morgan fingerprint density at radius 2 is 2.07 bits per heavy atom. The van der Waals surface area contributed by atoms with E-state index in [0.29, 0.717) is 0 Å². The number of aromatic amines is 1. The molecule has 2 N–H and O–H groups in total. The first-order chi connectivity index (χ1) is 6.75. The molecule has 1 aromatic carbocycles. The fourth-order valence-electron chi connectivity index (χ4n) is 1.13. The van der Waals surface area contributed by atoms with Crippen LogP contribution in [0.4, 0.5) is 0 Å². The molecule has 0 saturated heterocycles. The largest absolute Gasteiger partial charge is 0.478 e. The van der Waals surface area contributed by atoms with E-state index < -0.39 is 5.97 Å². The maximum absolute atomic E-state index is 10.3. The van der Waals surface area contributed by atoms with Gasteiger partial charge in [0.25, 0.3) is 0 Å². The summed E-state index contributed by atoms with van der Waals surface area (Å²) in [5, 5.41) is 18.7. The average Bonchev–Trinajstić information content (AvgIpc) is 2.61. The Balaban J connectivity index is 0.00000112. The summed E-state index contributed by atoms with van der Waals surface area (Å²) < 4.78 is 0. The topological polar surface area (TPSA) is 78.9 Å². The standard InChI is InChI=1S/C9H7N3O2.Re/c13-9(14)4-2-6-1-3-7-8(5-6)11-12-10-7;/h1-5H,(H,13,14)(H,10,11,12);/b4-2+;. The van der Waals surface area contributed by atoms with Crippen molar-refractivity contribution in [2.75, 3.05) is 0 Å². The van der Waals surface area contributed by atoms with E-state index >= 15 is 0 Å². The van der Waals surface area contributed by atoms with Crippen molar-refractivity contribution in [3.63, 3.8) is 0 Å². The van der Waals surface area contributed by atoms with Crippen LogP contribution in [-0.4, -0.2) is 26.5 Å². The van der Waals surface area contributed by atoms with E-state index in [2.05, 4.69) is 15.4 Å². The van der Waals surface area contributed by atoms with E-state index in [9.17, 15) is 4.79 Å². The second-order valence-corrected chi connectivity index (χ2v) is 2.74. The summed E-state index contributed by atoms with van der Waals surface area (Å²) in [6.45, 7) is 0. The molecule has 1 aromatic heterocycles. The fourth-order valence-corrected chi connectivity index (χ4v) is 1.13. The molecular weight excluding hydrogens is 368 g/mol. The Bertz CT molecular complexity index is 507. The number of aromatic nitrogens is 3. The second kappa shape index (κ2) is 4.82. The molecule has 15 heavy (non-hydrogen) atoms. The maximum Gasteiger partial charge on any atom is 0.328 e. The van der Waals surface area contributed by atoms with Gasteiger partial charge in [-0.2, -0.15) is 15.4 Å². The zero-order valence-electron chi connectivity index (χ0n) is 7.51. The van der Waals surface area contributed by atoms with Crippen molar-refractivity contribution in [3.05, 3.63) is 29.8 Å². The Morgan fingerprint density at radius 1 is 1.33 bits per heavy atom. The predicted octanol–water partition coefficient (Wildman–Crippen LogP) is 1.05. The smallest absolute Gasteiger partial charge is 0.328 e. The van der Waals surface area contributed by atoms with Crippen LogP contribution in [0.2, 0.25) is 0 Å². The summed E-state index contributed by atoms with van der Waals surface area (Å²) in [6, 6.07) is 5.32. The molecule has 0 fully saturated rings. The third kappa shape index (κ3) is 2.72. The van der Waals surface area contributed by atoms with Crippen LogP contribution in [0.25, 0.3) is 17.1 Å². The normalized spacial score (nSPS) is 10.4. The SMILES string of the molecule is O=C(O)/C=C/c1ccc2n[nH]nc2c1.[Re]. The number of hydrogen-bond acceptors (Lipinski definition) is 3. The van der Waals surface area contributed by atoms with Gasteiger partial charge in [-0.3, -0.25) is 0 Å². The van der Waals surface area contributed by atoms with Gasteiger partial charge in [0.15, 0.2) is 0 Å². The number of benzene rings is 1. The van der Waals surface area contributed by atoms with Crippen LogP contribution in [0.15, 0.2) is 24.3 Å². The van der Waals surface area contributed by atoms with Gasteiger partial charge in [-0.1, -0.05) is 6.07 Å². The molecule has 0 amide bonds. The number of fused-ring (bicyclic) bond motifs is 1. The van der Waals surface area contributed by atoms with Gasteiger partial charge in [0.2, 0.25) is 0 Å². The number of carbonyl (C=O) groups is 1. The number of nitrogens with one attached hydrogen (secondary N) is 1. The first-order valence-electron chi connectivity index (χ1n) is 3.97. The molecule has 0 aliphatic carbocycles. The molecule has 0 atom stereocenters. The Hall–Kier alpha value is -1.51. The van der Waals surface area contributed by atoms with Gasteiger partial charge < -0.3 is 5.11 Å². The zero-order valence-corrected chi connectivity index (χ0v) is 10.2. The van der Waals surface area contributed by atoms with E-state index in [1.807, 2.05) is 0 Å². The Kier molecular flexibility index (Phi) is 3.72. The van der Waals surface area contributed by atoms with Gasteiger partial charge >= 0.3 is 5.97 Å². The summed E-state index contributed by atoms with van der Waals surface area (Å²) in [5.74, 6) is -0.967. The number of aliphatic carboxylic acids is 1. The van der Waals surface area contributed by atoms with E-state index in [0.717, 1.165) is 22.7 Å². The van der Waals surface area contributed by atoms with Crippen molar-refractivity contribution in [2.45, 2.75) is 0 Å². The minimum Gasteiger partial charge on any atom is -0.478 e. The van der Waals surface area contributed by atoms with Crippen LogP contribution in [-0.2, 0) is 25.2 Å². The van der Waals surface area contributed by atoms with Crippen molar-refractivity contribution >= 4 is 23.1 Å². The predicted molar refractivity (Wildman–Crippen MR) is 50.6 cm³/mol. The van der Waals surface area contributed by atoms with Crippen LogP contribution < -0.4 is 0 Å². The molecule has 5 nitrogen and oxygen atoms in total. The molecule has 0 aliphatic heterocycles. The van der Waals surface area contributed by atoms with Gasteiger partial charge in [-0.15, -0.1) is 0 Å². The monoisotopic (exact) mass is 376 g/mol. The van der Waals surface area contributed by atoms with E-state index in [1.165, 1.54) is 6.08 Å². The first kappa shape index (κ1) is 11.6. The van der Waals surface area contributed by atoms with E-state index in [4.69, 9.17) is 5.11 Å². The quantitative estimate of drug-likeness (QED) is 0.770. The Labute approximate surface area is 98.8 Å². The van der Waals surface area contributed by atoms with Crippen molar-refractivity contribution < 1.29 is 30.3 Å². The third-order valence-electron chi connectivity index (χ3n) is 1.76. The first-order valence-corrected chi connectivity index (χ1v) is 3.97. The molecule has 6 heteroatoms. The fraction of sp³-hybridized carbons (Fsp3) is 0. The molecule has 1 heterocycles. The van der Waals surface area contributed by atoms with Crippen LogP contribution in [0, 0.1) is 0 Å². The molecular formula is C9H7N3O2Re. The van der Waals surface area contributed by atoms with Crippen LogP contribution in [0.3, 0.4) is 0 Å². The zero-order chi connectivity index (χ0) is 9.97. The third-order valence-corrected chi connectivity index (χ3v) is 1.76. The number of hydrogen-bond donors (Lipinski definition) is 2. The van der Waals surface area contributed by atoms with Crippen LogP contribution in [0.5, 0.6) is 0 Å². The van der Waals surface area contributed by atoms with Gasteiger partial charge in [0.1, 0.15) is 11.0 Å². The number of carboxylic acid groups (broad SMARTS) is 1. The molecule has 0 unspecified atom stereocenters. The van der Waals surface area contributed by atoms with Gasteiger partial charge in [0, 0.05) is 26.5 Å². The van der Waals surface area contributed by atoms with E-state index in [1.54, 1.807) is 18.2 Å². The number of nitrogens with zero attached hydrogens (tertiary/aromatic N) is 2. The average molecular weight is 375 g/mol. The second-order valence-electron chi connectivity index (χ2n) is 2.74. The minimum absolute atomic E-state index is 0. The summed E-state index contributed by atoms with van der Waals surface area (Å²) in [6.07, 6.45) is 2.59. The van der Waals surface area contributed by atoms with Gasteiger partial charge in [-0.05, 0) is 23.8 Å². The number of H-pyrrole nitrogens is 1. The molecule has 77 valence electrons. The molecule has 0 bridgehead atoms. The summed E-state index contributed by atoms with van der Waals surface area (Å²) >= 11 is 0. The van der Waals surface area contributed by atoms with Crippen molar-refractivity contribution in [1.29, 1.82) is 0 Å². The molecule has 0 saturated carbocycles. The summed E-state index contributed by atoms with van der Waals surface area (Å²) in [4.78, 5) is 10.3. The maximum atomic E-state index is 10.3. The summed E-state index contributed by atoms with van der Waals surface area (Å²) in [7, 11) is 0. The molecule has 2 aromatic rings. The summed E-state index contributed by atoms with van der Waals surface area (Å²) in [5.41, 5.74) is 2.27. The van der Waals surface area contributed by atoms with Crippen LogP contribution >= 0.6 is 0 Å². The molecule has 0 aliphatic rings. The molecule has 1 radical (unpaired) electrons. The van der Waals surface area contributed by atoms with Crippen molar-refractivity contribution in [3.8, 4) is 0 Å². The van der Waals surface area contributed by atoms with Crippen molar-refractivity contribution in [2.24, 2.45) is 0 Å². The van der Waals surface area contributed by atoms with Gasteiger partial charge in [-0.25, -0.2) is 4.79 Å². The van der Waals surface area contributed by atoms with Crippen LogP contribution in [0.1, 0.15) is 5.56 Å².